The van der Waals surface area contributed by atoms with Crippen LogP contribution in [0.4, 0.5) is 4.79 Å². The number of hydrogen-bond donors (Lipinski definition) is 1. The third kappa shape index (κ3) is 9.06. The van der Waals surface area contributed by atoms with Crippen molar-refractivity contribution in [1.29, 1.82) is 0 Å². The summed E-state index contributed by atoms with van der Waals surface area (Å²) in [6.07, 6.45) is 4.21. The van der Waals surface area contributed by atoms with Crippen LogP contribution < -0.4 is 5.32 Å². The molecule has 0 aromatic heterocycles. The summed E-state index contributed by atoms with van der Waals surface area (Å²) >= 11 is 0. The first kappa shape index (κ1) is 13.8. The molecule has 0 aliphatic rings. The maximum Gasteiger partial charge on any atom is 0.407 e. The Kier molecular flexibility index (Phi) is 5.75. The van der Waals surface area contributed by atoms with Crippen molar-refractivity contribution < 1.29 is 9.53 Å². The van der Waals surface area contributed by atoms with E-state index in [0.717, 1.165) is 12.0 Å². The molecule has 0 aliphatic heterocycles. The number of alkyl carbamates (subject to hydrolysis) is 1. The van der Waals surface area contributed by atoms with Gasteiger partial charge < -0.3 is 10.1 Å². The maximum atomic E-state index is 11.2. The van der Waals surface area contributed by atoms with E-state index in [4.69, 9.17) is 4.74 Å². The van der Waals surface area contributed by atoms with Gasteiger partial charge in [0.05, 0.1) is 0 Å². The van der Waals surface area contributed by atoms with Crippen LogP contribution in [-0.4, -0.2) is 18.2 Å². The number of hydrogen-bond acceptors (Lipinski definition) is 2. The summed E-state index contributed by atoms with van der Waals surface area (Å²) in [5.74, 6) is 0. The smallest absolute Gasteiger partial charge is 0.407 e. The Morgan fingerprint density at radius 3 is 2.53 bits per heavy atom. The van der Waals surface area contributed by atoms with Gasteiger partial charge in [0.15, 0.2) is 0 Å². The van der Waals surface area contributed by atoms with Crippen molar-refractivity contribution in [2.24, 2.45) is 0 Å². The van der Waals surface area contributed by atoms with Gasteiger partial charge in [0.2, 0.25) is 0 Å². The Morgan fingerprint density at radius 1 is 1.47 bits per heavy atom. The maximum absolute atomic E-state index is 11.2. The Hall–Kier alpha value is -1.25. The van der Waals surface area contributed by atoms with Crippen molar-refractivity contribution in [3.05, 3.63) is 24.3 Å². The minimum absolute atomic E-state index is 0.379. The van der Waals surface area contributed by atoms with Gasteiger partial charge in [-0.05, 0) is 34.1 Å². The molecule has 0 aromatic carbocycles. The van der Waals surface area contributed by atoms with E-state index in [-0.39, 0.29) is 6.09 Å². The van der Waals surface area contributed by atoms with E-state index >= 15 is 0 Å². The van der Waals surface area contributed by atoms with Crippen molar-refractivity contribution in [2.45, 2.75) is 39.7 Å². The number of nitrogens with one attached hydrogen (secondary N) is 1. The zero-order valence-electron chi connectivity index (χ0n) is 10.1. The number of carbonyl (C=O) groups is 1. The van der Waals surface area contributed by atoms with Crippen LogP contribution >= 0.6 is 0 Å². The largest absolute Gasteiger partial charge is 0.444 e. The molecular weight excluding hydrogens is 190 g/mol. The van der Waals surface area contributed by atoms with Crippen LogP contribution in [0.15, 0.2) is 24.3 Å². The van der Waals surface area contributed by atoms with Gasteiger partial charge in [-0.3, -0.25) is 0 Å². The second-order valence-electron chi connectivity index (χ2n) is 4.34. The van der Waals surface area contributed by atoms with Gasteiger partial charge in [0, 0.05) is 6.54 Å². The van der Waals surface area contributed by atoms with E-state index in [0.29, 0.717) is 6.54 Å². The van der Waals surface area contributed by atoms with Gasteiger partial charge in [0.1, 0.15) is 5.60 Å². The molecule has 0 saturated carbocycles. The molecule has 0 unspecified atom stereocenters. The van der Waals surface area contributed by atoms with E-state index in [1.165, 1.54) is 0 Å². The zero-order chi connectivity index (χ0) is 11.9. The SMILES string of the molecule is C=C(/C=C\C)CCNC(=O)OC(C)(C)C. The summed E-state index contributed by atoms with van der Waals surface area (Å²) in [6, 6.07) is 0. The van der Waals surface area contributed by atoms with Crippen LogP contribution in [0.2, 0.25) is 0 Å². The number of ether oxygens (including phenoxy) is 1. The second-order valence-corrected chi connectivity index (χ2v) is 4.34. The van der Waals surface area contributed by atoms with E-state index in [2.05, 4.69) is 11.9 Å². The summed E-state index contributed by atoms with van der Waals surface area (Å²) < 4.78 is 5.08. The predicted molar refractivity (Wildman–Crippen MR) is 62.8 cm³/mol. The molecule has 0 radical (unpaired) electrons. The Balaban J connectivity index is 3.69. The lowest BCUT2D eigenvalue weighted by Crippen LogP contribution is -2.33. The highest BCUT2D eigenvalue weighted by Gasteiger charge is 2.15. The van der Waals surface area contributed by atoms with Gasteiger partial charge in [0.25, 0.3) is 0 Å². The fourth-order valence-electron chi connectivity index (χ4n) is 0.958. The molecule has 86 valence electrons. The molecule has 0 atom stereocenters. The monoisotopic (exact) mass is 211 g/mol. The lowest BCUT2D eigenvalue weighted by molar-refractivity contribution is 0.0528. The van der Waals surface area contributed by atoms with E-state index in [1.807, 2.05) is 39.8 Å². The lowest BCUT2D eigenvalue weighted by atomic mass is 10.2. The number of amides is 1. The highest BCUT2D eigenvalue weighted by atomic mass is 16.6. The first-order chi connectivity index (χ1) is 6.85. The van der Waals surface area contributed by atoms with Crippen LogP contribution in [0.1, 0.15) is 34.1 Å². The molecule has 3 nitrogen and oxygen atoms in total. The highest BCUT2D eigenvalue weighted by molar-refractivity contribution is 5.67. The van der Waals surface area contributed by atoms with Gasteiger partial charge in [-0.1, -0.05) is 24.3 Å². The molecule has 0 aromatic rings. The molecule has 0 spiro atoms. The van der Waals surface area contributed by atoms with E-state index in [9.17, 15) is 4.79 Å². The minimum Gasteiger partial charge on any atom is -0.444 e. The molecule has 0 rings (SSSR count). The molecular formula is C12H21NO2. The predicted octanol–water partition coefficient (Wildman–Crippen LogP) is 3.03. The number of rotatable bonds is 4. The van der Waals surface area contributed by atoms with Crippen LogP contribution in [0.25, 0.3) is 0 Å². The molecule has 0 fully saturated rings. The summed E-state index contributed by atoms with van der Waals surface area (Å²) in [6.45, 7) is 11.8. The summed E-state index contributed by atoms with van der Waals surface area (Å²) in [5, 5.41) is 2.67. The van der Waals surface area contributed by atoms with Gasteiger partial charge >= 0.3 is 6.09 Å². The average molecular weight is 211 g/mol. The molecule has 0 heterocycles. The van der Waals surface area contributed by atoms with Crippen molar-refractivity contribution >= 4 is 6.09 Å². The Morgan fingerprint density at radius 2 is 2.07 bits per heavy atom. The van der Waals surface area contributed by atoms with Gasteiger partial charge in [-0.15, -0.1) is 0 Å². The van der Waals surface area contributed by atoms with Crippen LogP contribution in [0, 0.1) is 0 Å². The van der Waals surface area contributed by atoms with Crippen LogP contribution in [0.5, 0.6) is 0 Å². The number of allylic oxidation sites excluding steroid dienone is 2. The van der Waals surface area contributed by atoms with Gasteiger partial charge in [-0.25, -0.2) is 4.79 Å². The normalized spacial score (nSPS) is 11.5. The summed E-state index contributed by atoms with van der Waals surface area (Å²) in [4.78, 5) is 11.2. The zero-order valence-corrected chi connectivity index (χ0v) is 10.1. The topological polar surface area (TPSA) is 38.3 Å². The first-order valence-electron chi connectivity index (χ1n) is 5.12. The van der Waals surface area contributed by atoms with Crippen molar-refractivity contribution in [2.75, 3.05) is 6.54 Å². The van der Waals surface area contributed by atoms with Crippen LogP contribution in [-0.2, 0) is 4.74 Å². The van der Waals surface area contributed by atoms with Gasteiger partial charge in [-0.2, -0.15) is 0 Å². The molecule has 1 N–H and O–H groups in total. The van der Waals surface area contributed by atoms with Crippen molar-refractivity contribution in [1.82, 2.24) is 5.32 Å². The summed E-state index contributed by atoms with van der Waals surface area (Å²) in [7, 11) is 0. The molecule has 15 heavy (non-hydrogen) atoms. The first-order valence-corrected chi connectivity index (χ1v) is 5.12. The quantitative estimate of drug-likeness (QED) is 0.726. The van der Waals surface area contributed by atoms with E-state index in [1.54, 1.807) is 0 Å². The number of carbonyl (C=O) groups excluding carboxylic acids is 1. The molecule has 0 bridgehead atoms. The van der Waals surface area contributed by atoms with E-state index < -0.39 is 5.60 Å². The standard InChI is InChI=1S/C12H21NO2/c1-6-7-10(2)8-9-13-11(14)15-12(3,4)5/h6-7H,2,8-9H2,1,3-5H3,(H,13,14)/b7-6-. The molecule has 1 amide bonds. The molecule has 0 saturated heterocycles. The lowest BCUT2D eigenvalue weighted by Gasteiger charge is -2.19. The second kappa shape index (κ2) is 6.27. The third-order valence-corrected chi connectivity index (χ3v) is 1.52. The summed E-state index contributed by atoms with van der Waals surface area (Å²) in [5.41, 5.74) is 0.554. The Labute approximate surface area is 92.2 Å². The fourth-order valence-corrected chi connectivity index (χ4v) is 0.958. The molecule has 0 aliphatic carbocycles. The third-order valence-electron chi connectivity index (χ3n) is 1.52. The average Bonchev–Trinajstić information content (AvgIpc) is 2.00. The van der Waals surface area contributed by atoms with Crippen molar-refractivity contribution in [3.8, 4) is 0 Å². The highest BCUT2D eigenvalue weighted by Crippen LogP contribution is 2.06. The van der Waals surface area contributed by atoms with Crippen LogP contribution in [0.3, 0.4) is 0 Å². The Bertz CT molecular complexity index is 249. The van der Waals surface area contributed by atoms with Crippen molar-refractivity contribution in [3.63, 3.8) is 0 Å². The minimum atomic E-state index is -0.440. The fraction of sp³-hybridized carbons (Fsp3) is 0.583. The molecule has 3 heteroatoms.